The van der Waals surface area contributed by atoms with Crippen molar-refractivity contribution in [1.29, 1.82) is 0 Å². The molecule has 0 spiro atoms. The second-order valence-corrected chi connectivity index (χ2v) is 10.5. The van der Waals surface area contributed by atoms with Crippen molar-refractivity contribution in [3.63, 3.8) is 0 Å². The normalized spacial score (nSPS) is 11.6. The van der Waals surface area contributed by atoms with E-state index in [1.165, 1.54) is 0 Å². The molecule has 0 saturated heterocycles. The smallest absolute Gasteiger partial charge is 0.329 e. The fourth-order valence-electron chi connectivity index (χ4n) is 5.19. The number of aromatic amines is 1. The SMILES string of the molecule is COC(OC)c1c(CCC(C)C)n(Cc2ccc(-c3ccccc3-c3nn[nH]n3)cc2)c(=O)n1Cc1ccccc1. The molecule has 0 amide bonds. The maximum atomic E-state index is 14.1. The van der Waals surface area contributed by atoms with Gasteiger partial charge >= 0.3 is 5.69 Å². The van der Waals surface area contributed by atoms with E-state index in [0.717, 1.165) is 52.0 Å². The third-order valence-electron chi connectivity index (χ3n) is 7.29. The number of imidazole rings is 1. The van der Waals surface area contributed by atoms with Crippen LogP contribution in [0, 0.1) is 5.92 Å². The first-order valence-corrected chi connectivity index (χ1v) is 13.8. The van der Waals surface area contributed by atoms with Crippen LogP contribution in [0.3, 0.4) is 0 Å². The Balaban J connectivity index is 1.54. The maximum absolute atomic E-state index is 14.1. The van der Waals surface area contributed by atoms with Crippen LogP contribution in [0.1, 0.15) is 49.1 Å². The summed E-state index contributed by atoms with van der Waals surface area (Å²) in [5.74, 6) is 1.02. The van der Waals surface area contributed by atoms with Crippen molar-refractivity contribution < 1.29 is 9.47 Å². The lowest BCUT2D eigenvalue weighted by atomic mass is 9.98. The Bertz CT molecular complexity index is 1600. The highest BCUT2D eigenvalue weighted by atomic mass is 16.7. The van der Waals surface area contributed by atoms with Crippen molar-refractivity contribution in [1.82, 2.24) is 29.8 Å². The van der Waals surface area contributed by atoms with Crippen LogP contribution in [0.25, 0.3) is 22.5 Å². The second-order valence-electron chi connectivity index (χ2n) is 10.5. The van der Waals surface area contributed by atoms with Gasteiger partial charge in [-0.05, 0) is 46.2 Å². The van der Waals surface area contributed by atoms with Crippen molar-refractivity contribution in [3.05, 3.63) is 112 Å². The highest BCUT2D eigenvalue weighted by Gasteiger charge is 2.27. The predicted octanol–water partition coefficient (Wildman–Crippen LogP) is 5.47. The lowest BCUT2D eigenvalue weighted by molar-refractivity contribution is -0.111. The lowest BCUT2D eigenvalue weighted by Gasteiger charge is -2.19. The number of ether oxygens (including phenoxy) is 2. The van der Waals surface area contributed by atoms with E-state index in [-0.39, 0.29) is 5.69 Å². The Hall–Kier alpha value is -4.34. The van der Waals surface area contributed by atoms with Gasteiger partial charge in [0, 0.05) is 25.5 Å². The number of hydrogen-bond acceptors (Lipinski definition) is 6. The molecule has 0 aliphatic heterocycles. The van der Waals surface area contributed by atoms with E-state index in [9.17, 15) is 4.79 Å². The Morgan fingerprint density at radius 3 is 2.07 bits per heavy atom. The summed E-state index contributed by atoms with van der Waals surface area (Å²) in [5, 5.41) is 14.5. The molecule has 5 aromatic rings. The Morgan fingerprint density at radius 2 is 1.44 bits per heavy atom. The number of aromatic nitrogens is 6. The van der Waals surface area contributed by atoms with Crippen LogP contribution in [-0.4, -0.2) is 44.0 Å². The molecule has 0 saturated carbocycles. The first-order chi connectivity index (χ1) is 20.0. The molecule has 9 nitrogen and oxygen atoms in total. The number of hydrogen-bond donors (Lipinski definition) is 1. The molecule has 5 rings (SSSR count). The number of rotatable bonds is 12. The van der Waals surface area contributed by atoms with Crippen LogP contribution in [0.15, 0.2) is 83.7 Å². The number of nitrogens with zero attached hydrogens (tertiary/aromatic N) is 5. The molecule has 0 aliphatic rings. The second kappa shape index (κ2) is 12.9. The molecule has 41 heavy (non-hydrogen) atoms. The summed E-state index contributed by atoms with van der Waals surface area (Å²) in [6.45, 7) is 5.26. The van der Waals surface area contributed by atoms with Crippen LogP contribution < -0.4 is 5.69 Å². The number of methoxy groups -OCH3 is 2. The first kappa shape index (κ1) is 28.2. The van der Waals surface area contributed by atoms with Gasteiger partial charge in [-0.3, -0.25) is 9.13 Å². The largest absolute Gasteiger partial charge is 0.350 e. The monoisotopic (exact) mass is 552 g/mol. The predicted molar refractivity (Wildman–Crippen MR) is 158 cm³/mol. The van der Waals surface area contributed by atoms with Gasteiger partial charge in [0.2, 0.25) is 5.82 Å². The van der Waals surface area contributed by atoms with Crippen molar-refractivity contribution in [2.24, 2.45) is 5.92 Å². The zero-order valence-corrected chi connectivity index (χ0v) is 23.9. The van der Waals surface area contributed by atoms with E-state index in [2.05, 4.69) is 58.7 Å². The van der Waals surface area contributed by atoms with Crippen molar-refractivity contribution in [2.45, 2.75) is 46.1 Å². The number of H-pyrrole nitrogens is 1. The molecular weight excluding hydrogens is 516 g/mol. The Labute approximate surface area is 239 Å². The van der Waals surface area contributed by atoms with Crippen molar-refractivity contribution in [2.75, 3.05) is 14.2 Å². The summed E-state index contributed by atoms with van der Waals surface area (Å²) < 4.78 is 15.1. The zero-order valence-electron chi connectivity index (χ0n) is 23.9. The lowest BCUT2D eigenvalue weighted by Crippen LogP contribution is -2.27. The molecule has 0 unspecified atom stereocenters. The molecule has 0 atom stereocenters. The van der Waals surface area contributed by atoms with Gasteiger partial charge in [0.1, 0.15) is 0 Å². The van der Waals surface area contributed by atoms with Crippen molar-refractivity contribution >= 4 is 0 Å². The minimum absolute atomic E-state index is 0.0757. The van der Waals surface area contributed by atoms with E-state index in [0.29, 0.717) is 24.8 Å². The molecule has 212 valence electrons. The fourth-order valence-corrected chi connectivity index (χ4v) is 5.19. The third kappa shape index (κ3) is 6.21. The van der Waals surface area contributed by atoms with Gasteiger partial charge in [-0.15, -0.1) is 10.2 Å². The average molecular weight is 553 g/mol. The van der Waals surface area contributed by atoms with E-state index in [1.54, 1.807) is 18.8 Å². The van der Waals surface area contributed by atoms with Gasteiger partial charge in [-0.2, -0.15) is 5.21 Å². The maximum Gasteiger partial charge on any atom is 0.329 e. The van der Waals surface area contributed by atoms with Gasteiger partial charge in [0.25, 0.3) is 0 Å². The van der Waals surface area contributed by atoms with Gasteiger partial charge in [0.05, 0.1) is 18.8 Å². The summed E-state index contributed by atoms with van der Waals surface area (Å²) >= 11 is 0. The average Bonchev–Trinajstić information content (AvgIpc) is 3.62. The first-order valence-electron chi connectivity index (χ1n) is 13.8. The summed E-state index contributed by atoms with van der Waals surface area (Å²) in [7, 11) is 3.22. The number of benzene rings is 3. The van der Waals surface area contributed by atoms with Gasteiger partial charge < -0.3 is 9.47 Å². The third-order valence-corrected chi connectivity index (χ3v) is 7.29. The van der Waals surface area contributed by atoms with Gasteiger partial charge in [0.15, 0.2) is 6.29 Å². The molecule has 2 aromatic heterocycles. The molecule has 0 aliphatic carbocycles. The standard InChI is InChI=1S/C32H36N6O3/c1-22(2)14-19-28-29(31(40-3)41-4)38(21-23-10-6-5-7-11-23)32(39)37(28)20-24-15-17-25(18-16-24)26-12-8-9-13-27(26)30-33-35-36-34-30/h5-13,15-18,22,31H,14,19-21H2,1-4H3,(H,33,34,35,36). The minimum atomic E-state index is -0.654. The van der Waals surface area contributed by atoms with Crippen molar-refractivity contribution in [3.8, 4) is 22.5 Å². The molecule has 9 heteroatoms. The highest BCUT2D eigenvalue weighted by molar-refractivity contribution is 5.80. The van der Waals surface area contributed by atoms with Crippen LogP contribution in [0.2, 0.25) is 0 Å². The molecular formula is C32H36N6O3. The highest BCUT2D eigenvalue weighted by Crippen LogP contribution is 2.30. The summed E-state index contributed by atoms with van der Waals surface area (Å²) in [6.07, 6.45) is 1.02. The number of nitrogens with one attached hydrogen (secondary N) is 1. The van der Waals surface area contributed by atoms with E-state index >= 15 is 0 Å². The molecule has 2 heterocycles. The number of tetrazole rings is 1. The summed E-state index contributed by atoms with van der Waals surface area (Å²) in [5.41, 5.74) is 6.64. The molecule has 0 bridgehead atoms. The Kier molecular flexibility index (Phi) is 8.86. The van der Waals surface area contributed by atoms with Gasteiger partial charge in [-0.1, -0.05) is 92.7 Å². The summed E-state index contributed by atoms with van der Waals surface area (Å²) in [4.78, 5) is 14.1. The zero-order chi connectivity index (χ0) is 28.8. The van der Waals surface area contributed by atoms with Crippen LogP contribution >= 0.6 is 0 Å². The molecule has 3 aromatic carbocycles. The van der Waals surface area contributed by atoms with E-state index in [4.69, 9.17) is 9.47 Å². The Morgan fingerprint density at radius 1 is 0.805 bits per heavy atom. The fraction of sp³-hybridized carbons (Fsp3) is 0.312. The quantitative estimate of drug-likeness (QED) is 0.206. The molecule has 0 fully saturated rings. The van der Waals surface area contributed by atoms with Gasteiger partial charge in [-0.25, -0.2) is 4.79 Å². The minimum Gasteiger partial charge on any atom is -0.350 e. The van der Waals surface area contributed by atoms with E-state index < -0.39 is 6.29 Å². The van der Waals surface area contributed by atoms with Crippen LogP contribution in [0.5, 0.6) is 0 Å². The van der Waals surface area contributed by atoms with Crippen LogP contribution in [0.4, 0.5) is 0 Å². The molecule has 1 N–H and O–H groups in total. The van der Waals surface area contributed by atoms with Crippen LogP contribution in [-0.2, 0) is 29.0 Å². The molecule has 0 radical (unpaired) electrons. The summed E-state index contributed by atoms with van der Waals surface area (Å²) in [6, 6.07) is 26.3. The van der Waals surface area contributed by atoms with E-state index in [1.807, 2.05) is 59.2 Å². The topological polar surface area (TPSA) is 99.9 Å².